The molecule has 0 spiro atoms. The Morgan fingerprint density at radius 3 is 2.67 bits per heavy atom. The molecule has 3 aromatic rings. The summed E-state index contributed by atoms with van der Waals surface area (Å²) in [5.74, 6) is 0.447. The van der Waals surface area contributed by atoms with Crippen molar-refractivity contribution in [3.8, 4) is 11.4 Å². The third-order valence-electron chi connectivity index (χ3n) is 4.88. The summed E-state index contributed by atoms with van der Waals surface area (Å²) in [5, 5.41) is 3.89. The first kappa shape index (κ1) is 20.1. The van der Waals surface area contributed by atoms with Crippen LogP contribution in [0.25, 0.3) is 11.4 Å². The zero-order chi connectivity index (χ0) is 20.8. The largest absolute Gasteiger partial charge is 0.362 e. The lowest BCUT2D eigenvalue weighted by Gasteiger charge is -2.34. The van der Waals surface area contributed by atoms with Crippen LogP contribution in [0, 0.1) is 5.82 Å². The second kappa shape index (κ2) is 9.55. The Morgan fingerprint density at radius 1 is 1.13 bits per heavy atom. The number of halogens is 1. The van der Waals surface area contributed by atoms with Crippen LogP contribution in [-0.4, -0.2) is 63.6 Å². The molecule has 9 heteroatoms. The van der Waals surface area contributed by atoms with E-state index in [0.29, 0.717) is 24.8 Å². The van der Waals surface area contributed by atoms with Crippen LogP contribution in [0.4, 0.5) is 4.39 Å². The molecule has 1 saturated heterocycles. The molecule has 0 aliphatic carbocycles. The maximum Gasteiger partial charge on any atom is 0.252 e. The monoisotopic (exact) mass is 411 g/mol. The maximum atomic E-state index is 13.0. The summed E-state index contributed by atoms with van der Waals surface area (Å²) < 4.78 is 23.6. The minimum absolute atomic E-state index is 0.0391. The zero-order valence-electron chi connectivity index (χ0n) is 16.4. The van der Waals surface area contributed by atoms with E-state index < -0.39 is 0 Å². The number of pyridine rings is 1. The average molecular weight is 411 g/mol. The molecular formula is C21H22FN5O3. The lowest BCUT2D eigenvalue weighted by atomic mass is 10.2. The number of aromatic nitrogens is 3. The van der Waals surface area contributed by atoms with Crippen molar-refractivity contribution >= 4 is 5.91 Å². The minimum Gasteiger partial charge on any atom is -0.362 e. The highest BCUT2D eigenvalue weighted by atomic mass is 19.1. The standard InChI is InChI=1S/C21H22FN5O3/c22-18-5-3-16(4-6-18)13-26-8-10-27(11-9-26)20(28)15-29-14-19-24-21(25-30-19)17-2-1-7-23-12-17/h1-7,12H,8-11,13-15H2. The molecule has 156 valence electrons. The molecule has 1 aliphatic rings. The van der Waals surface area contributed by atoms with Gasteiger partial charge in [0.2, 0.25) is 11.7 Å². The van der Waals surface area contributed by atoms with Gasteiger partial charge >= 0.3 is 0 Å². The van der Waals surface area contributed by atoms with Crippen LogP contribution < -0.4 is 0 Å². The van der Waals surface area contributed by atoms with Gasteiger partial charge in [-0.05, 0) is 29.8 Å². The van der Waals surface area contributed by atoms with Gasteiger partial charge in [0, 0.05) is 50.7 Å². The molecule has 4 rings (SSSR count). The molecule has 30 heavy (non-hydrogen) atoms. The van der Waals surface area contributed by atoms with E-state index in [1.807, 2.05) is 6.07 Å². The number of benzene rings is 1. The van der Waals surface area contributed by atoms with Gasteiger partial charge in [0.15, 0.2) is 0 Å². The third kappa shape index (κ3) is 5.25. The van der Waals surface area contributed by atoms with Crippen molar-refractivity contribution in [2.24, 2.45) is 0 Å². The molecule has 8 nitrogen and oxygen atoms in total. The molecule has 0 atom stereocenters. The molecule has 0 radical (unpaired) electrons. The van der Waals surface area contributed by atoms with Gasteiger partial charge in [-0.2, -0.15) is 4.98 Å². The molecule has 0 N–H and O–H groups in total. The predicted molar refractivity (Wildman–Crippen MR) is 105 cm³/mol. The Balaban J connectivity index is 1.18. The number of carbonyl (C=O) groups is 1. The summed E-state index contributed by atoms with van der Waals surface area (Å²) in [6.45, 7) is 3.58. The number of hydrogen-bond donors (Lipinski definition) is 0. The number of ether oxygens (including phenoxy) is 1. The van der Waals surface area contributed by atoms with E-state index in [1.54, 1.807) is 35.5 Å². The minimum atomic E-state index is -0.233. The number of hydrogen-bond acceptors (Lipinski definition) is 7. The molecule has 1 fully saturated rings. The topological polar surface area (TPSA) is 84.6 Å². The van der Waals surface area contributed by atoms with E-state index >= 15 is 0 Å². The van der Waals surface area contributed by atoms with Crippen LogP contribution in [0.2, 0.25) is 0 Å². The van der Waals surface area contributed by atoms with Crippen molar-refractivity contribution < 1.29 is 18.4 Å². The van der Waals surface area contributed by atoms with Crippen LogP contribution in [-0.2, 0) is 22.7 Å². The Hall–Kier alpha value is -3.17. The molecule has 1 amide bonds. The molecule has 1 aliphatic heterocycles. The number of rotatable bonds is 7. The summed E-state index contributed by atoms with van der Waals surface area (Å²) >= 11 is 0. The summed E-state index contributed by atoms with van der Waals surface area (Å²) in [4.78, 5) is 24.7. The maximum absolute atomic E-state index is 13.0. The first-order valence-corrected chi connectivity index (χ1v) is 9.73. The van der Waals surface area contributed by atoms with Crippen LogP contribution in [0.3, 0.4) is 0 Å². The van der Waals surface area contributed by atoms with E-state index in [9.17, 15) is 9.18 Å². The average Bonchev–Trinajstić information content (AvgIpc) is 3.25. The van der Waals surface area contributed by atoms with Crippen molar-refractivity contribution in [2.45, 2.75) is 13.2 Å². The fourth-order valence-corrected chi connectivity index (χ4v) is 3.25. The fraction of sp³-hybridized carbons (Fsp3) is 0.333. The SMILES string of the molecule is O=C(COCc1nc(-c2cccnc2)no1)N1CCN(Cc2ccc(F)cc2)CC1. The van der Waals surface area contributed by atoms with Crippen LogP contribution in [0.5, 0.6) is 0 Å². The number of piperazine rings is 1. The molecular weight excluding hydrogens is 389 g/mol. The Kier molecular flexibility index (Phi) is 6.41. The highest BCUT2D eigenvalue weighted by Gasteiger charge is 2.21. The van der Waals surface area contributed by atoms with Crippen LogP contribution >= 0.6 is 0 Å². The van der Waals surface area contributed by atoms with Gasteiger partial charge in [0.25, 0.3) is 5.89 Å². The van der Waals surface area contributed by atoms with Crippen molar-refractivity contribution in [3.63, 3.8) is 0 Å². The van der Waals surface area contributed by atoms with Crippen molar-refractivity contribution in [3.05, 3.63) is 66.1 Å². The summed E-state index contributed by atoms with van der Waals surface area (Å²) in [6.07, 6.45) is 3.32. The highest BCUT2D eigenvalue weighted by molar-refractivity contribution is 5.77. The fourth-order valence-electron chi connectivity index (χ4n) is 3.25. The van der Waals surface area contributed by atoms with Gasteiger partial charge in [-0.3, -0.25) is 14.7 Å². The molecule has 2 aromatic heterocycles. The van der Waals surface area contributed by atoms with Crippen molar-refractivity contribution in [1.82, 2.24) is 24.9 Å². The van der Waals surface area contributed by atoms with Crippen LogP contribution in [0.1, 0.15) is 11.5 Å². The normalized spacial score (nSPS) is 14.8. The van der Waals surface area contributed by atoms with Gasteiger partial charge in [0.05, 0.1) is 0 Å². The molecule has 0 unspecified atom stereocenters. The Labute approximate surface area is 173 Å². The highest BCUT2D eigenvalue weighted by Crippen LogP contribution is 2.14. The second-order valence-corrected chi connectivity index (χ2v) is 7.03. The van der Waals surface area contributed by atoms with Gasteiger partial charge < -0.3 is 14.2 Å². The van der Waals surface area contributed by atoms with Crippen LogP contribution in [0.15, 0.2) is 53.3 Å². The van der Waals surface area contributed by atoms with E-state index in [2.05, 4.69) is 20.0 Å². The summed E-state index contributed by atoms with van der Waals surface area (Å²) in [7, 11) is 0. The smallest absolute Gasteiger partial charge is 0.252 e. The van der Waals surface area contributed by atoms with Gasteiger partial charge in [0.1, 0.15) is 19.0 Å². The predicted octanol–water partition coefficient (Wildman–Crippen LogP) is 2.13. The van der Waals surface area contributed by atoms with E-state index in [4.69, 9.17) is 9.26 Å². The molecule has 0 bridgehead atoms. The molecule has 0 saturated carbocycles. The number of nitrogens with zero attached hydrogens (tertiary/aromatic N) is 5. The van der Waals surface area contributed by atoms with E-state index in [0.717, 1.165) is 30.8 Å². The quantitative estimate of drug-likeness (QED) is 0.589. The molecule has 3 heterocycles. The Bertz CT molecular complexity index is 956. The van der Waals surface area contributed by atoms with Gasteiger partial charge in [-0.25, -0.2) is 4.39 Å². The second-order valence-electron chi connectivity index (χ2n) is 7.03. The van der Waals surface area contributed by atoms with Gasteiger partial charge in [-0.1, -0.05) is 17.3 Å². The van der Waals surface area contributed by atoms with E-state index in [-0.39, 0.29) is 24.9 Å². The third-order valence-corrected chi connectivity index (χ3v) is 4.88. The van der Waals surface area contributed by atoms with Crippen molar-refractivity contribution in [1.29, 1.82) is 0 Å². The lowest BCUT2D eigenvalue weighted by molar-refractivity contribution is -0.138. The van der Waals surface area contributed by atoms with E-state index in [1.165, 1.54) is 12.1 Å². The van der Waals surface area contributed by atoms with Crippen molar-refractivity contribution in [2.75, 3.05) is 32.8 Å². The first-order valence-electron chi connectivity index (χ1n) is 9.73. The first-order chi connectivity index (χ1) is 14.7. The lowest BCUT2D eigenvalue weighted by Crippen LogP contribution is -2.49. The number of carbonyl (C=O) groups excluding carboxylic acids is 1. The number of amides is 1. The summed E-state index contributed by atoms with van der Waals surface area (Å²) in [6, 6.07) is 10.1. The summed E-state index contributed by atoms with van der Waals surface area (Å²) in [5.41, 5.74) is 1.81. The Morgan fingerprint density at radius 2 is 1.93 bits per heavy atom. The zero-order valence-corrected chi connectivity index (χ0v) is 16.4. The van der Waals surface area contributed by atoms with Gasteiger partial charge in [-0.15, -0.1) is 0 Å². The molecule has 1 aromatic carbocycles.